The van der Waals surface area contributed by atoms with Gasteiger partial charge in [-0.1, -0.05) is 43.0 Å². The monoisotopic (exact) mass is 584 g/mol. The molecule has 2 saturated heterocycles. The van der Waals surface area contributed by atoms with Gasteiger partial charge < -0.3 is 29.0 Å². The van der Waals surface area contributed by atoms with Gasteiger partial charge in [0.1, 0.15) is 18.5 Å². The Kier molecular flexibility index (Phi) is 8.28. The van der Waals surface area contributed by atoms with E-state index in [1.807, 2.05) is 0 Å². The van der Waals surface area contributed by atoms with Crippen molar-refractivity contribution < 1.29 is 18.7 Å². The molecule has 0 bridgehead atoms. The molecule has 6 rings (SSSR count). The fourth-order valence-corrected chi connectivity index (χ4v) is 6.68. The number of carbonyl (C=O) groups is 1. The van der Waals surface area contributed by atoms with Crippen LogP contribution in [0.25, 0.3) is 15.6 Å². The van der Waals surface area contributed by atoms with E-state index in [9.17, 15) is 9.18 Å². The molecule has 2 aromatic carbocycles. The van der Waals surface area contributed by atoms with E-state index in [0.29, 0.717) is 50.6 Å². The summed E-state index contributed by atoms with van der Waals surface area (Å²) < 4.78 is 26.6. The minimum atomic E-state index is -1.02. The molecule has 10 heteroatoms. The van der Waals surface area contributed by atoms with Crippen molar-refractivity contribution in [2.45, 2.75) is 51.0 Å². The Hall–Kier alpha value is -4.07. The normalized spacial score (nSPS) is 22.3. The maximum absolute atomic E-state index is 13.8. The zero-order chi connectivity index (χ0) is 30.1. The van der Waals surface area contributed by atoms with E-state index in [1.165, 1.54) is 21.2 Å². The largest absolute Gasteiger partial charge is 0.462 e. The predicted octanol–water partition coefficient (Wildman–Crippen LogP) is 4.64. The van der Waals surface area contributed by atoms with E-state index < -0.39 is 17.8 Å². The number of nitrogens with zero attached hydrogens (tertiary/aromatic N) is 6. The minimum absolute atomic E-state index is 0.0547. The number of anilines is 1. The van der Waals surface area contributed by atoms with Crippen molar-refractivity contribution >= 4 is 22.5 Å². The second-order valence-electron chi connectivity index (χ2n) is 11.7. The molecule has 0 aliphatic carbocycles. The Balaban J connectivity index is 1.34. The number of likely N-dealkylation sites (N-methyl/N-ethyl adjacent to an activating group) is 1. The summed E-state index contributed by atoms with van der Waals surface area (Å²) >= 11 is 0. The van der Waals surface area contributed by atoms with Crippen molar-refractivity contribution in [2.24, 2.45) is 0 Å². The number of halogens is 1. The van der Waals surface area contributed by atoms with Crippen LogP contribution < -0.4 is 9.64 Å². The number of ether oxygens (including phenoxy) is 2. The smallest absolute Gasteiger partial charge is 0.318 e. The number of carbonyl (C=O) groups excluding carboxylic acids is 1. The molecule has 224 valence electrons. The van der Waals surface area contributed by atoms with Crippen LogP contribution in [0, 0.1) is 13.5 Å². The van der Waals surface area contributed by atoms with Crippen LogP contribution in [0.2, 0.25) is 0 Å². The molecule has 3 atom stereocenters. The van der Waals surface area contributed by atoms with E-state index in [0.717, 1.165) is 36.2 Å². The molecule has 4 heterocycles. The summed E-state index contributed by atoms with van der Waals surface area (Å²) in [6.07, 6.45) is 2.58. The van der Waals surface area contributed by atoms with E-state index in [-0.39, 0.29) is 19.2 Å². The Labute approximate surface area is 251 Å². The van der Waals surface area contributed by atoms with Gasteiger partial charge >= 0.3 is 6.01 Å². The first-order valence-electron chi connectivity index (χ1n) is 14.9. The van der Waals surface area contributed by atoms with Crippen molar-refractivity contribution in [1.82, 2.24) is 19.8 Å². The summed E-state index contributed by atoms with van der Waals surface area (Å²) in [7, 11) is 2.11. The van der Waals surface area contributed by atoms with Crippen molar-refractivity contribution in [3.63, 3.8) is 0 Å². The van der Waals surface area contributed by atoms with Gasteiger partial charge in [-0.2, -0.15) is 9.97 Å². The molecule has 43 heavy (non-hydrogen) atoms. The summed E-state index contributed by atoms with van der Waals surface area (Å²) in [5.74, 6) is -1.09. The highest BCUT2D eigenvalue weighted by molar-refractivity contribution is 5.91. The molecular formula is C33H37FN6O3. The number of aryl methyl sites for hydroxylation is 1. The Morgan fingerprint density at radius 1 is 1.19 bits per heavy atom. The highest BCUT2D eigenvalue weighted by Crippen LogP contribution is 2.38. The summed E-state index contributed by atoms with van der Waals surface area (Å²) in [5, 5.41) is 2.37. The molecule has 0 radical (unpaired) electrons. The lowest BCUT2D eigenvalue weighted by molar-refractivity contribution is -0.131. The molecular weight excluding hydrogens is 547 g/mol. The zero-order valence-electron chi connectivity index (χ0n) is 24.8. The second-order valence-corrected chi connectivity index (χ2v) is 11.7. The van der Waals surface area contributed by atoms with E-state index in [1.54, 1.807) is 0 Å². The quantitative estimate of drug-likeness (QED) is 0.296. The number of aromatic nitrogens is 2. The van der Waals surface area contributed by atoms with Crippen LogP contribution in [0.15, 0.2) is 48.8 Å². The topological polar surface area (TPSA) is 75.4 Å². The average Bonchev–Trinajstić information content (AvgIpc) is 3.43. The van der Waals surface area contributed by atoms with Crippen LogP contribution >= 0.6 is 0 Å². The predicted molar refractivity (Wildman–Crippen MR) is 163 cm³/mol. The number of amides is 1. The SMILES string of the molecule is [C-]#[N+]C[C@H]1CN(c2nc(OC[C@H]3CCCN3C)nc3c2COC(c2cccc4cccc(C)c24)C3)CCN1C(=O)C(=C)F. The first-order valence-corrected chi connectivity index (χ1v) is 14.9. The van der Waals surface area contributed by atoms with Crippen molar-refractivity contribution in [2.75, 3.05) is 51.3 Å². The molecule has 0 spiro atoms. The molecule has 1 aromatic heterocycles. The first-order chi connectivity index (χ1) is 20.8. The summed E-state index contributed by atoms with van der Waals surface area (Å²) in [5.41, 5.74) is 4.09. The van der Waals surface area contributed by atoms with Crippen LogP contribution in [-0.4, -0.2) is 84.1 Å². The molecule has 9 nitrogen and oxygen atoms in total. The lowest BCUT2D eigenvalue weighted by Crippen LogP contribution is -2.57. The summed E-state index contributed by atoms with van der Waals surface area (Å²) in [4.78, 5) is 31.6. The van der Waals surface area contributed by atoms with Crippen LogP contribution in [0.4, 0.5) is 10.2 Å². The van der Waals surface area contributed by atoms with Crippen LogP contribution in [0.1, 0.15) is 41.3 Å². The zero-order valence-corrected chi connectivity index (χ0v) is 24.8. The maximum atomic E-state index is 13.8. The highest BCUT2D eigenvalue weighted by atomic mass is 19.1. The third kappa shape index (κ3) is 5.79. The third-order valence-electron chi connectivity index (χ3n) is 9.00. The lowest BCUT2D eigenvalue weighted by atomic mass is 9.92. The summed E-state index contributed by atoms with van der Waals surface area (Å²) in [6.45, 7) is 15.7. The third-order valence-corrected chi connectivity index (χ3v) is 9.00. The van der Waals surface area contributed by atoms with Gasteiger partial charge in [-0.25, -0.2) is 11.0 Å². The van der Waals surface area contributed by atoms with Gasteiger partial charge in [-0.3, -0.25) is 4.79 Å². The van der Waals surface area contributed by atoms with Gasteiger partial charge in [-0.15, -0.1) is 0 Å². The Bertz CT molecular complexity index is 1580. The number of rotatable bonds is 7. The number of hydrogen-bond donors (Lipinski definition) is 0. The van der Waals surface area contributed by atoms with Gasteiger partial charge in [0.05, 0.1) is 18.4 Å². The molecule has 1 unspecified atom stereocenters. The number of benzene rings is 2. The van der Waals surface area contributed by atoms with Gasteiger partial charge in [0, 0.05) is 37.7 Å². The second kappa shape index (κ2) is 12.3. The lowest BCUT2D eigenvalue weighted by Gasteiger charge is -2.40. The standard InChI is InChI=1S/C33H37FN6O3/c1-21-8-5-9-23-10-6-12-26(30(21)23)29-16-28-27(20-42-29)31(37-33(36-28)43-19-24-11-7-13-38(24)4)39-14-15-40(32(41)22(2)34)25(18-39)17-35-3/h5-6,8-10,12,24-25,29H,2,7,11,13-20H2,1,4H3/t24-,25+,29?/m1/s1. The van der Waals surface area contributed by atoms with Crippen LogP contribution in [0.5, 0.6) is 6.01 Å². The van der Waals surface area contributed by atoms with E-state index in [4.69, 9.17) is 26.0 Å². The number of likely N-dealkylation sites (tertiary alicyclic amines) is 1. The van der Waals surface area contributed by atoms with E-state index in [2.05, 4.69) is 71.6 Å². The molecule has 2 fully saturated rings. The molecule has 3 aliphatic rings. The fraction of sp³-hybridized carbons (Fsp3) is 0.455. The molecule has 3 aromatic rings. The van der Waals surface area contributed by atoms with Gasteiger partial charge in [0.15, 0.2) is 5.83 Å². The van der Waals surface area contributed by atoms with Crippen molar-refractivity contribution in [3.8, 4) is 6.01 Å². The Morgan fingerprint density at radius 3 is 2.74 bits per heavy atom. The number of fused-ring (bicyclic) bond motifs is 2. The first kappa shape index (κ1) is 29.0. The Morgan fingerprint density at radius 2 is 2.00 bits per heavy atom. The molecule has 1 amide bonds. The van der Waals surface area contributed by atoms with Crippen LogP contribution in [0.3, 0.4) is 0 Å². The van der Waals surface area contributed by atoms with Gasteiger partial charge in [-0.05, 0) is 55.3 Å². The highest BCUT2D eigenvalue weighted by Gasteiger charge is 2.37. The molecule has 3 aliphatic heterocycles. The molecule has 0 saturated carbocycles. The summed E-state index contributed by atoms with van der Waals surface area (Å²) in [6, 6.07) is 12.8. The van der Waals surface area contributed by atoms with Gasteiger partial charge in [0.25, 0.3) is 5.91 Å². The van der Waals surface area contributed by atoms with Crippen molar-refractivity contribution in [3.05, 3.63) is 82.6 Å². The number of hydrogen-bond acceptors (Lipinski definition) is 7. The maximum Gasteiger partial charge on any atom is 0.318 e. The van der Waals surface area contributed by atoms with Crippen LogP contribution in [-0.2, 0) is 22.6 Å². The average molecular weight is 585 g/mol. The number of piperazine rings is 1. The van der Waals surface area contributed by atoms with Crippen molar-refractivity contribution in [1.29, 1.82) is 0 Å². The minimum Gasteiger partial charge on any atom is -0.462 e. The fourth-order valence-electron chi connectivity index (χ4n) is 6.68. The van der Waals surface area contributed by atoms with Gasteiger partial charge in [0.2, 0.25) is 6.54 Å². The van der Waals surface area contributed by atoms with E-state index >= 15 is 0 Å². The molecule has 0 N–H and O–H groups in total.